The molecule has 3 rings (SSSR count). The topological polar surface area (TPSA) is 15.9 Å². The molecule has 0 radical (unpaired) electrons. The third kappa shape index (κ3) is 2.70. The molecule has 102 valence electrons. The van der Waals surface area contributed by atoms with E-state index in [9.17, 15) is 0 Å². The van der Waals surface area contributed by atoms with E-state index in [1.807, 2.05) is 0 Å². The quantitative estimate of drug-likeness (QED) is 0.745. The standard InChI is InChI=1S/C15H18N2S.BrH/c1-15(2,3)12-6-4-11(5-7-12)13-10-18-14-16-8-9-17(13)14;/h4-7,10H,8-9H2,1-3H3;1H. The Morgan fingerprint density at radius 3 is 2.47 bits per heavy atom. The first-order valence-electron chi connectivity index (χ1n) is 6.42. The molecule has 0 saturated heterocycles. The lowest BCUT2D eigenvalue weighted by atomic mass is 9.86. The van der Waals surface area contributed by atoms with Crippen LogP contribution in [0, 0.1) is 0 Å². The van der Waals surface area contributed by atoms with E-state index in [1.165, 1.54) is 22.0 Å². The summed E-state index contributed by atoms with van der Waals surface area (Å²) in [4.78, 5) is 0. The Hall–Kier alpha value is -0.870. The smallest absolute Gasteiger partial charge is 0.334 e. The fourth-order valence-corrected chi connectivity index (χ4v) is 3.34. The number of rotatable bonds is 1. The first-order valence-corrected chi connectivity index (χ1v) is 7.30. The maximum absolute atomic E-state index is 3.41. The van der Waals surface area contributed by atoms with Gasteiger partial charge in [-0.05, 0) is 11.0 Å². The van der Waals surface area contributed by atoms with E-state index in [1.54, 1.807) is 11.3 Å². The number of fused-ring (bicyclic) bond motifs is 1. The minimum absolute atomic E-state index is 0. The summed E-state index contributed by atoms with van der Waals surface area (Å²) >= 11 is 1.80. The molecule has 0 aliphatic carbocycles. The van der Waals surface area contributed by atoms with Crippen LogP contribution in [0.3, 0.4) is 0 Å². The highest BCUT2D eigenvalue weighted by atomic mass is 79.9. The Bertz CT molecular complexity index is 567. The Morgan fingerprint density at radius 1 is 1.16 bits per heavy atom. The van der Waals surface area contributed by atoms with E-state index < -0.39 is 0 Å². The SMILES string of the molecule is CC(C)(C)c1ccc(-c2csc3[n+]2CCN3)cc1.[Br-]. The maximum atomic E-state index is 3.41. The van der Waals surface area contributed by atoms with Gasteiger partial charge in [-0.2, -0.15) is 0 Å². The minimum Gasteiger partial charge on any atom is -1.00 e. The molecule has 0 atom stereocenters. The summed E-state index contributed by atoms with van der Waals surface area (Å²) in [7, 11) is 0. The molecule has 2 aromatic rings. The van der Waals surface area contributed by atoms with Crippen LogP contribution >= 0.6 is 11.3 Å². The van der Waals surface area contributed by atoms with E-state index in [0.717, 1.165) is 13.1 Å². The molecule has 4 heteroatoms. The molecule has 2 nitrogen and oxygen atoms in total. The third-order valence-electron chi connectivity index (χ3n) is 3.48. The lowest BCUT2D eigenvalue weighted by Crippen LogP contribution is -3.00. The second kappa shape index (κ2) is 5.25. The number of hydrogen-bond acceptors (Lipinski definition) is 2. The zero-order valence-corrected chi connectivity index (χ0v) is 13.9. The Morgan fingerprint density at radius 2 is 1.84 bits per heavy atom. The summed E-state index contributed by atoms with van der Waals surface area (Å²) in [6.07, 6.45) is 0. The van der Waals surface area contributed by atoms with Gasteiger partial charge >= 0.3 is 5.13 Å². The van der Waals surface area contributed by atoms with Crippen LogP contribution < -0.4 is 26.9 Å². The number of hydrogen-bond donors (Lipinski definition) is 1. The third-order valence-corrected chi connectivity index (χ3v) is 4.41. The van der Waals surface area contributed by atoms with Crippen molar-refractivity contribution in [2.75, 3.05) is 11.9 Å². The van der Waals surface area contributed by atoms with E-state index in [2.05, 4.69) is 60.3 Å². The van der Waals surface area contributed by atoms with Crippen LogP contribution in [0.1, 0.15) is 26.3 Å². The molecule has 1 N–H and O–H groups in total. The normalized spacial score (nSPS) is 13.6. The Labute approximate surface area is 129 Å². The van der Waals surface area contributed by atoms with Gasteiger partial charge in [-0.3, -0.25) is 5.32 Å². The summed E-state index contributed by atoms with van der Waals surface area (Å²) in [6.45, 7) is 8.89. The van der Waals surface area contributed by atoms with Crippen LogP contribution in [0.2, 0.25) is 0 Å². The molecule has 2 heterocycles. The second-order valence-corrected chi connectivity index (χ2v) is 6.69. The fraction of sp³-hybridized carbons (Fsp3) is 0.400. The summed E-state index contributed by atoms with van der Waals surface area (Å²) in [5, 5.41) is 6.93. The predicted molar refractivity (Wildman–Crippen MR) is 77.1 cm³/mol. The summed E-state index contributed by atoms with van der Waals surface area (Å²) in [5.74, 6) is 0. The number of thiazole rings is 1. The number of benzene rings is 1. The fourth-order valence-electron chi connectivity index (χ4n) is 2.35. The van der Waals surface area contributed by atoms with Crippen molar-refractivity contribution in [2.45, 2.75) is 32.7 Å². The van der Waals surface area contributed by atoms with Gasteiger partial charge in [-0.1, -0.05) is 56.4 Å². The average molecular weight is 339 g/mol. The highest BCUT2D eigenvalue weighted by Gasteiger charge is 2.24. The lowest BCUT2D eigenvalue weighted by molar-refractivity contribution is -0.655. The Balaban J connectivity index is 0.00000133. The largest absolute Gasteiger partial charge is 1.00 e. The van der Waals surface area contributed by atoms with Crippen LogP contribution in [-0.2, 0) is 12.0 Å². The monoisotopic (exact) mass is 338 g/mol. The number of nitrogens with zero attached hydrogens (tertiary/aromatic N) is 1. The van der Waals surface area contributed by atoms with Gasteiger partial charge in [-0.15, -0.1) is 0 Å². The van der Waals surface area contributed by atoms with E-state index in [-0.39, 0.29) is 22.4 Å². The lowest BCUT2D eigenvalue weighted by Gasteiger charge is -2.18. The van der Waals surface area contributed by atoms with Crippen LogP contribution in [0.25, 0.3) is 11.3 Å². The van der Waals surface area contributed by atoms with Crippen molar-refractivity contribution in [1.82, 2.24) is 0 Å². The average Bonchev–Trinajstić information content (AvgIpc) is 2.89. The highest BCUT2D eigenvalue weighted by molar-refractivity contribution is 7.13. The molecule has 0 fully saturated rings. The van der Waals surface area contributed by atoms with Crippen molar-refractivity contribution < 1.29 is 21.5 Å². The van der Waals surface area contributed by atoms with Gasteiger partial charge in [0.1, 0.15) is 18.8 Å². The van der Waals surface area contributed by atoms with Crippen molar-refractivity contribution in [3.8, 4) is 11.3 Å². The number of aromatic nitrogens is 1. The summed E-state index contributed by atoms with van der Waals surface area (Å²) in [6, 6.07) is 8.99. The molecule has 0 amide bonds. The highest BCUT2D eigenvalue weighted by Crippen LogP contribution is 2.28. The van der Waals surface area contributed by atoms with Crippen LogP contribution in [-0.4, -0.2) is 6.54 Å². The maximum Gasteiger partial charge on any atom is 0.334 e. The summed E-state index contributed by atoms with van der Waals surface area (Å²) in [5.41, 5.74) is 4.26. The first kappa shape index (κ1) is 14.5. The molecular weight excluding hydrogens is 320 g/mol. The molecule has 0 unspecified atom stereocenters. The zero-order chi connectivity index (χ0) is 12.8. The van der Waals surface area contributed by atoms with Gasteiger partial charge in [0.15, 0.2) is 0 Å². The van der Waals surface area contributed by atoms with Gasteiger partial charge < -0.3 is 17.0 Å². The number of anilines is 1. The molecule has 0 spiro atoms. The van der Waals surface area contributed by atoms with Gasteiger partial charge in [0.05, 0.1) is 0 Å². The van der Waals surface area contributed by atoms with Crippen molar-refractivity contribution in [2.24, 2.45) is 0 Å². The molecule has 1 aliphatic rings. The predicted octanol–water partition coefficient (Wildman–Crippen LogP) is 0.430. The van der Waals surface area contributed by atoms with Crippen LogP contribution in [0.15, 0.2) is 29.6 Å². The summed E-state index contributed by atoms with van der Waals surface area (Å²) < 4.78 is 2.37. The van der Waals surface area contributed by atoms with Crippen LogP contribution in [0.4, 0.5) is 5.13 Å². The second-order valence-electron chi connectivity index (χ2n) is 5.83. The van der Waals surface area contributed by atoms with Crippen molar-refractivity contribution in [1.29, 1.82) is 0 Å². The molecule has 0 bridgehead atoms. The van der Waals surface area contributed by atoms with E-state index in [4.69, 9.17) is 0 Å². The molecule has 0 saturated carbocycles. The van der Waals surface area contributed by atoms with Gasteiger partial charge in [0.25, 0.3) is 0 Å². The molecule has 1 aromatic heterocycles. The van der Waals surface area contributed by atoms with E-state index in [0.29, 0.717) is 0 Å². The van der Waals surface area contributed by atoms with E-state index >= 15 is 0 Å². The van der Waals surface area contributed by atoms with Crippen molar-refractivity contribution in [3.05, 3.63) is 35.2 Å². The Kier molecular flexibility index (Phi) is 4.02. The van der Waals surface area contributed by atoms with Gasteiger partial charge in [0, 0.05) is 10.9 Å². The van der Waals surface area contributed by atoms with Crippen molar-refractivity contribution >= 4 is 16.5 Å². The van der Waals surface area contributed by atoms with Crippen LogP contribution in [0.5, 0.6) is 0 Å². The molecule has 19 heavy (non-hydrogen) atoms. The number of halogens is 1. The molecular formula is C15H19BrN2S. The molecule has 1 aromatic carbocycles. The van der Waals surface area contributed by atoms with Crippen molar-refractivity contribution in [3.63, 3.8) is 0 Å². The zero-order valence-electron chi connectivity index (χ0n) is 11.5. The number of nitrogens with one attached hydrogen (secondary N) is 1. The first-order chi connectivity index (χ1) is 8.55. The van der Waals surface area contributed by atoms with Gasteiger partial charge in [0.2, 0.25) is 0 Å². The minimum atomic E-state index is 0. The molecule has 1 aliphatic heterocycles. The van der Waals surface area contributed by atoms with Gasteiger partial charge in [-0.25, -0.2) is 4.57 Å².